The number of nitrogens with zero attached hydrogens (tertiary/aromatic N) is 1. The van der Waals surface area contributed by atoms with Crippen molar-refractivity contribution in [1.82, 2.24) is 9.84 Å². The maximum absolute atomic E-state index is 13.7. The number of rotatable bonds is 9. The van der Waals surface area contributed by atoms with Gasteiger partial charge in [0.2, 0.25) is 5.91 Å². The summed E-state index contributed by atoms with van der Waals surface area (Å²) in [5.41, 5.74) is 9.36. The number of nitrogens with one attached hydrogen (secondary N) is 1. The van der Waals surface area contributed by atoms with Gasteiger partial charge < -0.3 is 5.73 Å². The topological polar surface area (TPSA) is 92.5 Å². The van der Waals surface area contributed by atoms with E-state index in [1.54, 1.807) is 36.4 Å². The van der Waals surface area contributed by atoms with Crippen molar-refractivity contribution in [3.8, 4) is 0 Å². The lowest BCUT2D eigenvalue weighted by atomic mass is 9.96. The van der Waals surface area contributed by atoms with Crippen molar-refractivity contribution in [2.75, 3.05) is 0 Å². The van der Waals surface area contributed by atoms with Gasteiger partial charge in [-0.1, -0.05) is 49.6 Å². The fraction of sp³-hybridized carbons (Fsp3) is 0.346. The highest BCUT2D eigenvalue weighted by Gasteiger charge is 2.34. The molecule has 1 aliphatic rings. The molecule has 0 bridgehead atoms. The quantitative estimate of drug-likeness (QED) is 0.344. The summed E-state index contributed by atoms with van der Waals surface area (Å²) in [6, 6.07) is 14.6. The molecule has 1 heterocycles. The third-order valence-corrected chi connectivity index (χ3v) is 9.78. The first-order valence-corrected chi connectivity index (χ1v) is 14.2. The number of carbonyl (C=O) groups is 1. The predicted molar refractivity (Wildman–Crippen MR) is 136 cm³/mol. The Labute approximate surface area is 218 Å². The van der Waals surface area contributed by atoms with Crippen LogP contribution in [0.15, 0.2) is 64.9 Å². The standard InChI is InChI=1S/C26H28F3N3O3S2/c27-26(28,29)20-12-10-18(11-13-20)17-31-32(21-7-2-1-3-8-21)37(34,35)24-15-14-22(36-24)16-19-6-4-5-9-23(19)25(30)33/h4-6,9-15,21,31H,1-3,7-8,16-17H2,(H2,30,33). The molecule has 11 heteroatoms. The van der Waals surface area contributed by atoms with Gasteiger partial charge in [-0.05, 0) is 54.3 Å². The number of halogens is 3. The molecule has 0 unspecified atom stereocenters. The smallest absolute Gasteiger partial charge is 0.366 e. The molecule has 6 nitrogen and oxygen atoms in total. The highest BCUT2D eigenvalue weighted by atomic mass is 32.2. The second-order valence-electron chi connectivity index (χ2n) is 9.04. The van der Waals surface area contributed by atoms with Gasteiger partial charge in [0, 0.05) is 29.4 Å². The van der Waals surface area contributed by atoms with Crippen LogP contribution >= 0.6 is 11.3 Å². The Balaban J connectivity index is 1.55. The van der Waals surface area contributed by atoms with Crippen LogP contribution in [-0.2, 0) is 29.2 Å². The molecule has 3 N–H and O–H groups in total. The molecule has 37 heavy (non-hydrogen) atoms. The van der Waals surface area contributed by atoms with Crippen molar-refractivity contribution in [3.05, 3.63) is 87.8 Å². The van der Waals surface area contributed by atoms with Crippen molar-refractivity contribution < 1.29 is 26.4 Å². The van der Waals surface area contributed by atoms with E-state index in [1.807, 2.05) is 0 Å². The molecule has 4 rings (SSSR count). The summed E-state index contributed by atoms with van der Waals surface area (Å²) in [5, 5.41) is 0. The van der Waals surface area contributed by atoms with Crippen LogP contribution < -0.4 is 11.2 Å². The summed E-state index contributed by atoms with van der Waals surface area (Å²) < 4.78 is 67.6. The van der Waals surface area contributed by atoms with E-state index in [4.69, 9.17) is 5.73 Å². The van der Waals surface area contributed by atoms with Gasteiger partial charge in [0.1, 0.15) is 4.21 Å². The van der Waals surface area contributed by atoms with E-state index < -0.39 is 27.7 Å². The molecule has 0 radical (unpaired) electrons. The minimum atomic E-state index is -4.43. The predicted octanol–water partition coefficient (Wildman–Crippen LogP) is 5.48. The molecule has 1 amide bonds. The number of sulfonamides is 1. The molecule has 198 valence electrons. The number of hydrazine groups is 1. The van der Waals surface area contributed by atoms with Crippen LogP contribution in [0.1, 0.15) is 64.0 Å². The Hall–Kier alpha value is -2.73. The van der Waals surface area contributed by atoms with Crippen LogP contribution in [-0.4, -0.2) is 24.8 Å². The second-order valence-corrected chi connectivity index (χ2v) is 12.3. The number of hydrogen-bond acceptors (Lipinski definition) is 5. The zero-order valence-corrected chi connectivity index (χ0v) is 21.6. The van der Waals surface area contributed by atoms with E-state index >= 15 is 0 Å². The van der Waals surface area contributed by atoms with Crippen molar-refractivity contribution in [2.24, 2.45) is 5.73 Å². The normalized spacial score (nSPS) is 15.2. The summed E-state index contributed by atoms with van der Waals surface area (Å²) in [5.74, 6) is -0.545. The second kappa shape index (κ2) is 11.3. The molecule has 0 saturated heterocycles. The van der Waals surface area contributed by atoms with Crippen LogP contribution in [0.5, 0.6) is 0 Å². The molecule has 3 aromatic rings. The molecule has 1 saturated carbocycles. The van der Waals surface area contributed by atoms with E-state index in [-0.39, 0.29) is 16.8 Å². The third-order valence-electron chi connectivity index (χ3n) is 6.42. The lowest BCUT2D eigenvalue weighted by Gasteiger charge is -2.33. The van der Waals surface area contributed by atoms with Gasteiger partial charge >= 0.3 is 6.18 Å². The van der Waals surface area contributed by atoms with Crippen molar-refractivity contribution in [1.29, 1.82) is 0 Å². The number of nitrogens with two attached hydrogens (primary N) is 1. The zero-order valence-electron chi connectivity index (χ0n) is 20.0. The molecule has 0 atom stereocenters. The average molecular weight is 552 g/mol. The number of thiophene rings is 1. The Morgan fingerprint density at radius 2 is 1.68 bits per heavy atom. The van der Waals surface area contributed by atoms with E-state index in [0.29, 0.717) is 36.0 Å². The number of hydrogen-bond donors (Lipinski definition) is 2. The summed E-state index contributed by atoms with van der Waals surface area (Å²) in [4.78, 5) is 12.5. The number of alkyl halides is 3. The number of carbonyl (C=O) groups excluding carboxylic acids is 1. The molecule has 0 aliphatic heterocycles. The molecular formula is C26H28F3N3O3S2. The fourth-order valence-electron chi connectivity index (χ4n) is 4.50. The monoisotopic (exact) mass is 551 g/mol. The maximum Gasteiger partial charge on any atom is 0.416 e. The van der Waals surface area contributed by atoms with E-state index in [9.17, 15) is 26.4 Å². The van der Waals surface area contributed by atoms with Gasteiger partial charge in [-0.3, -0.25) is 4.79 Å². The average Bonchev–Trinajstić information content (AvgIpc) is 3.34. The summed E-state index contributed by atoms with van der Waals surface area (Å²) in [7, 11) is -3.93. The van der Waals surface area contributed by atoms with Gasteiger partial charge in [0.15, 0.2) is 0 Å². The molecule has 1 fully saturated rings. The van der Waals surface area contributed by atoms with E-state index in [2.05, 4.69) is 5.43 Å². The third kappa shape index (κ3) is 6.59. The van der Waals surface area contributed by atoms with Gasteiger partial charge in [-0.2, -0.15) is 13.2 Å². The van der Waals surface area contributed by atoms with Crippen LogP contribution in [0.2, 0.25) is 0 Å². The van der Waals surface area contributed by atoms with Gasteiger partial charge in [0.25, 0.3) is 10.0 Å². The lowest BCUT2D eigenvalue weighted by molar-refractivity contribution is -0.137. The number of benzene rings is 2. The number of primary amides is 1. The molecule has 1 aromatic heterocycles. The van der Waals surface area contributed by atoms with Crippen molar-refractivity contribution >= 4 is 27.3 Å². The Morgan fingerprint density at radius 3 is 2.32 bits per heavy atom. The molecule has 2 aromatic carbocycles. The summed E-state index contributed by atoms with van der Waals surface area (Å²) in [6.07, 6.45) is 0.162. The minimum Gasteiger partial charge on any atom is -0.366 e. The number of amides is 1. The van der Waals surface area contributed by atoms with Crippen LogP contribution in [0.25, 0.3) is 0 Å². The Kier molecular flexibility index (Phi) is 8.37. The maximum atomic E-state index is 13.7. The summed E-state index contributed by atoms with van der Waals surface area (Å²) >= 11 is 1.13. The molecule has 0 spiro atoms. The van der Waals surface area contributed by atoms with Crippen LogP contribution in [0.4, 0.5) is 13.2 Å². The SMILES string of the molecule is NC(=O)c1ccccc1Cc1ccc(S(=O)(=O)N(NCc2ccc(C(F)(F)F)cc2)C2CCCCC2)s1. The molecular weight excluding hydrogens is 523 g/mol. The highest BCUT2D eigenvalue weighted by Crippen LogP contribution is 2.32. The van der Waals surface area contributed by atoms with Crippen molar-refractivity contribution in [2.45, 2.75) is 61.5 Å². The van der Waals surface area contributed by atoms with E-state index in [0.717, 1.165) is 47.6 Å². The van der Waals surface area contributed by atoms with Crippen molar-refractivity contribution in [3.63, 3.8) is 0 Å². The first-order chi connectivity index (χ1) is 17.6. The van der Waals surface area contributed by atoms with Gasteiger partial charge in [-0.15, -0.1) is 15.8 Å². The first-order valence-electron chi connectivity index (χ1n) is 12.0. The Morgan fingerprint density at radius 1 is 1.00 bits per heavy atom. The lowest BCUT2D eigenvalue weighted by Crippen LogP contribution is -2.49. The summed E-state index contributed by atoms with van der Waals surface area (Å²) in [6.45, 7) is 0.0675. The van der Waals surface area contributed by atoms with Crippen LogP contribution in [0.3, 0.4) is 0 Å². The Bertz CT molecular complexity index is 1330. The van der Waals surface area contributed by atoms with E-state index in [1.165, 1.54) is 16.5 Å². The minimum absolute atomic E-state index is 0.0675. The molecule has 1 aliphatic carbocycles. The first kappa shape index (κ1) is 27.3. The fourth-order valence-corrected chi connectivity index (χ4v) is 7.51. The zero-order chi connectivity index (χ0) is 26.6. The van der Waals surface area contributed by atoms with Gasteiger partial charge in [0.05, 0.1) is 5.56 Å². The van der Waals surface area contributed by atoms with Crippen LogP contribution in [0, 0.1) is 0 Å². The van der Waals surface area contributed by atoms with Gasteiger partial charge in [-0.25, -0.2) is 13.8 Å². The highest BCUT2D eigenvalue weighted by molar-refractivity contribution is 7.91. The largest absolute Gasteiger partial charge is 0.416 e.